The summed E-state index contributed by atoms with van der Waals surface area (Å²) in [5.41, 5.74) is 2.15. The van der Waals surface area contributed by atoms with Crippen LogP contribution in [0.1, 0.15) is 30.8 Å². The Balaban J connectivity index is 1.86. The Morgan fingerprint density at radius 3 is 2.58 bits per heavy atom. The van der Waals surface area contributed by atoms with Crippen LogP contribution >= 0.6 is 0 Å². The molecular formula is C18H26N4O2. The van der Waals surface area contributed by atoms with Crippen molar-refractivity contribution in [1.29, 1.82) is 0 Å². The van der Waals surface area contributed by atoms with Gasteiger partial charge in [0.05, 0.1) is 12.8 Å². The molecule has 0 bridgehead atoms. The lowest BCUT2D eigenvalue weighted by Crippen LogP contribution is -2.30. The zero-order chi connectivity index (χ0) is 17.4. The summed E-state index contributed by atoms with van der Waals surface area (Å²) in [6.45, 7) is 8.02. The van der Waals surface area contributed by atoms with Crippen LogP contribution in [0.25, 0.3) is 11.3 Å². The Bertz CT molecular complexity index is 633. The number of nitrogens with zero attached hydrogens (tertiary/aromatic N) is 2. The summed E-state index contributed by atoms with van der Waals surface area (Å²) in [5.74, 6) is 0.669. The topological polar surface area (TPSA) is 70.2 Å². The van der Waals surface area contributed by atoms with E-state index >= 15 is 0 Å². The third-order valence-electron chi connectivity index (χ3n) is 4.04. The van der Waals surface area contributed by atoms with Gasteiger partial charge in [-0.25, -0.2) is 0 Å². The Morgan fingerprint density at radius 1 is 1.25 bits per heavy atom. The maximum atomic E-state index is 12.2. The number of amides is 1. The maximum absolute atomic E-state index is 12.2. The van der Waals surface area contributed by atoms with E-state index in [0.717, 1.165) is 43.1 Å². The number of hydrogen-bond acceptors (Lipinski definition) is 4. The number of hydrogen-bond donors (Lipinski definition) is 2. The van der Waals surface area contributed by atoms with E-state index in [1.165, 1.54) is 0 Å². The summed E-state index contributed by atoms with van der Waals surface area (Å²) in [7, 11) is 1.63. The number of methoxy groups -OCH3 is 1. The van der Waals surface area contributed by atoms with Gasteiger partial charge in [-0.1, -0.05) is 13.8 Å². The minimum absolute atomic E-state index is 0.123. The molecule has 6 heteroatoms. The molecule has 0 radical (unpaired) electrons. The summed E-state index contributed by atoms with van der Waals surface area (Å²) in [4.78, 5) is 14.5. The second-order valence-corrected chi connectivity index (χ2v) is 5.53. The minimum Gasteiger partial charge on any atom is -0.497 e. The van der Waals surface area contributed by atoms with Gasteiger partial charge in [0.2, 0.25) is 0 Å². The van der Waals surface area contributed by atoms with Gasteiger partial charge in [-0.2, -0.15) is 5.10 Å². The van der Waals surface area contributed by atoms with Crippen LogP contribution in [-0.4, -0.2) is 54.3 Å². The van der Waals surface area contributed by atoms with E-state index in [4.69, 9.17) is 4.74 Å². The van der Waals surface area contributed by atoms with Gasteiger partial charge < -0.3 is 15.0 Å². The lowest BCUT2D eigenvalue weighted by Gasteiger charge is -2.17. The summed E-state index contributed by atoms with van der Waals surface area (Å²) >= 11 is 0. The van der Waals surface area contributed by atoms with Crippen LogP contribution in [0, 0.1) is 0 Å². The summed E-state index contributed by atoms with van der Waals surface area (Å²) in [6.07, 6.45) is 0.937. The van der Waals surface area contributed by atoms with Crippen molar-refractivity contribution in [3.63, 3.8) is 0 Å². The molecule has 1 heterocycles. The van der Waals surface area contributed by atoms with Gasteiger partial charge in [0.1, 0.15) is 11.4 Å². The van der Waals surface area contributed by atoms with Gasteiger partial charge in [0.25, 0.3) is 5.91 Å². The Hall–Kier alpha value is -2.34. The van der Waals surface area contributed by atoms with Gasteiger partial charge >= 0.3 is 0 Å². The van der Waals surface area contributed by atoms with Crippen molar-refractivity contribution in [2.24, 2.45) is 0 Å². The third-order valence-corrected chi connectivity index (χ3v) is 4.04. The molecule has 1 aromatic heterocycles. The molecule has 24 heavy (non-hydrogen) atoms. The highest BCUT2D eigenvalue weighted by atomic mass is 16.5. The normalized spacial score (nSPS) is 10.8. The molecule has 2 aromatic rings. The van der Waals surface area contributed by atoms with E-state index in [-0.39, 0.29) is 5.91 Å². The first-order chi connectivity index (χ1) is 11.7. The monoisotopic (exact) mass is 330 g/mol. The van der Waals surface area contributed by atoms with Crippen LogP contribution in [0.5, 0.6) is 5.75 Å². The number of carbonyl (C=O) groups excluding carboxylic acids is 1. The summed E-state index contributed by atoms with van der Waals surface area (Å²) < 4.78 is 5.14. The number of aromatic nitrogens is 2. The lowest BCUT2D eigenvalue weighted by molar-refractivity contribution is 0.0947. The van der Waals surface area contributed by atoms with Gasteiger partial charge in [-0.15, -0.1) is 0 Å². The number of ether oxygens (including phenoxy) is 1. The van der Waals surface area contributed by atoms with Crippen molar-refractivity contribution in [3.8, 4) is 17.0 Å². The molecule has 130 valence electrons. The summed E-state index contributed by atoms with van der Waals surface area (Å²) in [5, 5.41) is 9.94. The zero-order valence-corrected chi connectivity index (χ0v) is 14.6. The Kier molecular flexibility index (Phi) is 6.81. The van der Waals surface area contributed by atoms with E-state index < -0.39 is 0 Å². The van der Waals surface area contributed by atoms with E-state index in [1.54, 1.807) is 13.2 Å². The number of aromatic amines is 1. The number of nitrogens with one attached hydrogen (secondary N) is 2. The summed E-state index contributed by atoms with van der Waals surface area (Å²) in [6, 6.07) is 9.34. The fourth-order valence-corrected chi connectivity index (χ4v) is 2.49. The predicted octanol–water partition coefficient (Wildman–Crippen LogP) is 2.55. The Labute approximate surface area is 143 Å². The third kappa shape index (κ3) is 4.83. The quantitative estimate of drug-likeness (QED) is 0.693. The standard InChI is InChI=1S/C18H26N4O2/c1-4-22(5-2)12-6-11-19-18(23)17-13-16(20-21-17)14-7-9-15(24-3)10-8-14/h7-10,13H,4-6,11-12H2,1-3H3,(H,19,23)(H,20,21). The Morgan fingerprint density at radius 2 is 1.96 bits per heavy atom. The first-order valence-corrected chi connectivity index (χ1v) is 8.38. The van der Waals surface area contributed by atoms with Crippen LogP contribution in [0.3, 0.4) is 0 Å². The lowest BCUT2D eigenvalue weighted by atomic mass is 10.1. The molecule has 1 aromatic carbocycles. The van der Waals surface area contributed by atoms with Crippen LogP contribution in [-0.2, 0) is 0 Å². The van der Waals surface area contributed by atoms with Crippen LogP contribution in [0.4, 0.5) is 0 Å². The molecule has 0 fully saturated rings. The molecule has 0 saturated heterocycles. The highest BCUT2D eigenvalue weighted by Crippen LogP contribution is 2.21. The SMILES string of the molecule is CCN(CC)CCCNC(=O)c1cc(-c2ccc(OC)cc2)n[nH]1. The highest BCUT2D eigenvalue weighted by Gasteiger charge is 2.11. The van der Waals surface area contributed by atoms with Gasteiger partial charge in [-0.3, -0.25) is 9.89 Å². The average molecular weight is 330 g/mol. The van der Waals surface area contributed by atoms with Gasteiger partial charge in [-0.05, 0) is 56.4 Å². The molecule has 6 nitrogen and oxygen atoms in total. The van der Waals surface area contributed by atoms with Gasteiger partial charge in [0, 0.05) is 12.1 Å². The average Bonchev–Trinajstić information content (AvgIpc) is 3.12. The number of benzene rings is 1. The smallest absolute Gasteiger partial charge is 0.269 e. The second kappa shape index (κ2) is 9.08. The molecule has 0 spiro atoms. The second-order valence-electron chi connectivity index (χ2n) is 5.53. The number of H-pyrrole nitrogens is 1. The highest BCUT2D eigenvalue weighted by molar-refractivity contribution is 5.93. The van der Waals surface area contributed by atoms with E-state index in [0.29, 0.717) is 12.2 Å². The predicted molar refractivity (Wildman–Crippen MR) is 95.3 cm³/mol. The van der Waals surface area contributed by atoms with E-state index in [1.807, 2.05) is 24.3 Å². The number of carbonyl (C=O) groups is 1. The van der Waals surface area contributed by atoms with Crippen LogP contribution in [0.15, 0.2) is 30.3 Å². The molecule has 2 N–H and O–H groups in total. The molecule has 0 aliphatic carbocycles. The first-order valence-electron chi connectivity index (χ1n) is 8.38. The van der Waals surface area contributed by atoms with Crippen LogP contribution < -0.4 is 10.1 Å². The largest absolute Gasteiger partial charge is 0.497 e. The fraction of sp³-hybridized carbons (Fsp3) is 0.444. The van der Waals surface area contributed by atoms with Crippen LogP contribution in [0.2, 0.25) is 0 Å². The molecule has 0 unspecified atom stereocenters. The molecule has 0 saturated carbocycles. The van der Waals surface area contributed by atoms with Crippen molar-refractivity contribution in [3.05, 3.63) is 36.0 Å². The van der Waals surface area contributed by atoms with E-state index in [9.17, 15) is 4.79 Å². The minimum atomic E-state index is -0.123. The first kappa shape index (κ1) is 18.0. The molecule has 0 aliphatic rings. The molecule has 0 aliphatic heterocycles. The molecule has 2 rings (SSSR count). The van der Waals surface area contributed by atoms with Crippen molar-refractivity contribution >= 4 is 5.91 Å². The molecule has 0 atom stereocenters. The zero-order valence-electron chi connectivity index (χ0n) is 14.6. The molecular weight excluding hydrogens is 304 g/mol. The van der Waals surface area contributed by atoms with Crippen molar-refractivity contribution in [1.82, 2.24) is 20.4 Å². The molecule has 1 amide bonds. The van der Waals surface area contributed by atoms with Crippen molar-refractivity contribution in [2.45, 2.75) is 20.3 Å². The van der Waals surface area contributed by atoms with Crippen molar-refractivity contribution in [2.75, 3.05) is 33.3 Å². The van der Waals surface area contributed by atoms with Crippen molar-refractivity contribution < 1.29 is 9.53 Å². The number of rotatable bonds is 9. The maximum Gasteiger partial charge on any atom is 0.269 e. The van der Waals surface area contributed by atoms with E-state index in [2.05, 4.69) is 34.3 Å². The van der Waals surface area contributed by atoms with Gasteiger partial charge in [0.15, 0.2) is 0 Å². The fourth-order valence-electron chi connectivity index (χ4n) is 2.49.